The lowest BCUT2D eigenvalue weighted by Crippen LogP contribution is -2.19. The molecule has 0 aliphatic carbocycles. The highest BCUT2D eigenvalue weighted by Crippen LogP contribution is 2.05. The van der Waals surface area contributed by atoms with E-state index in [1.54, 1.807) is 0 Å². The van der Waals surface area contributed by atoms with E-state index in [-0.39, 0.29) is 0 Å². The van der Waals surface area contributed by atoms with Crippen molar-refractivity contribution in [2.24, 2.45) is 0 Å². The van der Waals surface area contributed by atoms with Gasteiger partial charge in [-0.3, -0.25) is 4.90 Å². The lowest BCUT2D eigenvalue weighted by molar-refractivity contribution is 0.359. The van der Waals surface area contributed by atoms with Crippen molar-refractivity contribution in [1.29, 1.82) is 5.26 Å². The molecule has 0 saturated carbocycles. The molecule has 0 heterocycles. The van der Waals surface area contributed by atoms with Crippen molar-refractivity contribution in [2.45, 2.75) is 45.4 Å². The van der Waals surface area contributed by atoms with E-state index in [4.69, 9.17) is 5.26 Å². The van der Waals surface area contributed by atoms with E-state index in [1.165, 1.54) is 38.5 Å². The summed E-state index contributed by atoms with van der Waals surface area (Å²) in [5, 5.41) is 8.42. The zero-order valence-electron chi connectivity index (χ0n) is 9.05. The van der Waals surface area contributed by atoms with Gasteiger partial charge in [0.25, 0.3) is 0 Å². The first kappa shape index (κ1) is 12.4. The molecule has 0 radical (unpaired) electrons. The van der Waals surface area contributed by atoms with E-state index in [0.717, 1.165) is 6.54 Å². The molecule has 0 spiro atoms. The maximum absolute atomic E-state index is 8.42. The van der Waals surface area contributed by atoms with Crippen molar-refractivity contribution in [2.75, 3.05) is 20.1 Å². The zero-order chi connectivity index (χ0) is 9.94. The van der Waals surface area contributed by atoms with Crippen LogP contribution in [0.5, 0.6) is 0 Å². The number of nitrogens with zero attached hydrogens (tertiary/aromatic N) is 2. The van der Waals surface area contributed by atoms with E-state index in [0.29, 0.717) is 6.54 Å². The van der Waals surface area contributed by atoms with Crippen molar-refractivity contribution in [3.63, 3.8) is 0 Å². The molecule has 76 valence electrons. The Labute approximate surface area is 82.5 Å². The largest absolute Gasteiger partial charge is 0.294 e. The molecule has 0 amide bonds. The molecule has 13 heavy (non-hydrogen) atoms. The normalized spacial score (nSPS) is 10.3. The van der Waals surface area contributed by atoms with Crippen LogP contribution in [0.3, 0.4) is 0 Å². The zero-order valence-corrected chi connectivity index (χ0v) is 9.05. The molecule has 0 aromatic heterocycles. The van der Waals surface area contributed by atoms with Crippen molar-refractivity contribution in [3.05, 3.63) is 0 Å². The van der Waals surface area contributed by atoms with Crippen LogP contribution in [0.4, 0.5) is 0 Å². The fourth-order valence-electron chi connectivity index (χ4n) is 1.36. The van der Waals surface area contributed by atoms with Crippen molar-refractivity contribution >= 4 is 0 Å². The molecule has 0 rings (SSSR count). The average Bonchev–Trinajstić information content (AvgIpc) is 2.11. The molecular weight excluding hydrogens is 160 g/mol. The van der Waals surface area contributed by atoms with Crippen LogP contribution in [-0.2, 0) is 0 Å². The van der Waals surface area contributed by atoms with E-state index < -0.39 is 0 Å². The molecule has 0 bridgehead atoms. The van der Waals surface area contributed by atoms with Gasteiger partial charge in [-0.1, -0.05) is 39.0 Å². The van der Waals surface area contributed by atoms with E-state index in [1.807, 2.05) is 7.05 Å². The van der Waals surface area contributed by atoms with Crippen LogP contribution < -0.4 is 0 Å². The highest BCUT2D eigenvalue weighted by Gasteiger charge is 1.95. The van der Waals surface area contributed by atoms with Crippen LogP contribution in [0.1, 0.15) is 45.4 Å². The molecule has 0 fully saturated rings. The summed E-state index contributed by atoms with van der Waals surface area (Å²) in [7, 11) is 2.01. The Morgan fingerprint density at radius 3 is 2.31 bits per heavy atom. The van der Waals surface area contributed by atoms with Crippen molar-refractivity contribution < 1.29 is 0 Å². The summed E-state index contributed by atoms with van der Waals surface area (Å²) in [4.78, 5) is 2.08. The van der Waals surface area contributed by atoms with Gasteiger partial charge < -0.3 is 0 Å². The van der Waals surface area contributed by atoms with Gasteiger partial charge in [-0.05, 0) is 20.0 Å². The summed E-state index contributed by atoms with van der Waals surface area (Å²) in [6.07, 6.45) is 7.97. The minimum Gasteiger partial charge on any atom is -0.294 e. The fourth-order valence-corrected chi connectivity index (χ4v) is 1.36. The molecule has 0 aromatic rings. The van der Waals surface area contributed by atoms with E-state index in [2.05, 4.69) is 17.9 Å². The summed E-state index contributed by atoms with van der Waals surface area (Å²) in [6, 6.07) is 2.15. The molecule has 2 heteroatoms. The van der Waals surface area contributed by atoms with Gasteiger partial charge in [-0.25, -0.2) is 0 Å². The molecule has 0 atom stereocenters. The van der Waals surface area contributed by atoms with Gasteiger partial charge >= 0.3 is 0 Å². The van der Waals surface area contributed by atoms with Crippen LogP contribution in [-0.4, -0.2) is 25.0 Å². The number of hydrogen-bond donors (Lipinski definition) is 0. The SMILES string of the molecule is CCCCCCCCN(C)CC#N. The third kappa shape index (κ3) is 9.36. The maximum atomic E-state index is 8.42. The first-order chi connectivity index (χ1) is 6.31. The van der Waals surface area contributed by atoms with Gasteiger partial charge in [0.2, 0.25) is 0 Å². The predicted molar refractivity (Wildman–Crippen MR) is 56.5 cm³/mol. The molecule has 0 N–H and O–H groups in total. The Morgan fingerprint density at radius 1 is 1.08 bits per heavy atom. The van der Waals surface area contributed by atoms with E-state index in [9.17, 15) is 0 Å². The number of unbranched alkanes of at least 4 members (excludes halogenated alkanes) is 5. The summed E-state index contributed by atoms with van der Waals surface area (Å²) in [5.41, 5.74) is 0. The summed E-state index contributed by atoms with van der Waals surface area (Å²) in [5.74, 6) is 0. The van der Waals surface area contributed by atoms with Gasteiger partial charge in [-0.15, -0.1) is 0 Å². The first-order valence-corrected chi connectivity index (χ1v) is 5.36. The van der Waals surface area contributed by atoms with Crippen LogP contribution in [0.2, 0.25) is 0 Å². The summed E-state index contributed by atoms with van der Waals surface area (Å²) >= 11 is 0. The summed E-state index contributed by atoms with van der Waals surface area (Å²) in [6.45, 7) is 3.87. The third-order valence-corrected chi connectivity index (χ3v) is 2.23. The Balaban J connectivity index is 3.03. The highest BCUT2D eigenvalue weighted by molar-refractivity contribution is 4.73. The second kappa shape index (κ2) is 9.54. The molecule has 0 aliphatic rings. The molecule has 2 nitrogen and oxygen atoms in total. The van der Waals surface area contributed by atoms with Crippen LogP contribution >= 0.6 is 0 Å². The van der Waals surface area contributed by atoms with Crippen LogP contribution in [0, 0.1) is 11.3 Å². The maximum Gasteiger partial charge on any atom is 0.0863 e. The minimum atomic E-state index is 0.564. The Kier molecular flexibility index (Phi) is 9.13. The molecule has 0 unspecified atom stereocenters. The van der Waals surface area contributed by atoms with Crippen LogP contribution in [0.25, 0.3) is 0 Å². The Bertz CT molecular complexity index is 138. The van der Waals surface area contributed by atoms with Crippen molar-refractivity contribution in [3.8, 4) is 6.07 Å². The average molecular weight is 182 g/mol. The summed E-state index contributed by atoms with van der Waals surface area (Å²) < 4.78 is 0. The second-order valence-corrected chi connectivity index (χ2v) is 3.66. The van der Waals surface area contributed by atoms with Crippen molar-refractivity contribution in [1.82, 2.24) is 4.90 Å². The number of nitriles is 1. The predicted octanol–water partition coefficient (Wildman–Crippen LogP) is 2.80. The highest BCUT2D eigenvalue weighted by atomic mass is 15.1. The molecule has 0 aromatic carbocycles. The molecular formula is C11H22N2. The standard InChI is InChI=1S/C11H22N2/c1-3-4-5-6-7-8-10-13(2)11-9-12/h3-8,10-11H2,1-2H3. The number of hydrogen-bond acceptors (Lipinski definition) is 2. The van der Waals surface area contributed by atoms with Gasteiger partial charge in [0.05, 0.1) is 12.6 Å². The van der Waals surface area contributed by atoms with E-state index >= 15 is 0 Å². The van der Waals surface area contributed by atoms with Gasteiger partial charge in [0.15, 0.2) is 0 Å². The van der Waals surface area contributed by atoms with Gasteiger partial charge in [0, 0.05) is 0 Å². The fraction of sp³-hybridized carbons (Fsp3) is 0.909. The monoisotopic (exact) mass is 182 g/mol. The molecule has 0 saturated heterocycles. The van der Waals surface area contributed by atoms with Gasteiger partial charge in [-0.2, -0.15) is 5.26 Å². The lowest BCUT2D eigenvalue weighted by Gasteiger charge is -2.11. The smallest absolute Gasteiger partial charge is 0.0863 e. The molecule has 0 aliphatic heterocycles. The second-order valence-electron chi connectivity index (χ2n) is 3.66. The minimum absolute atomic E-state index is 0.564. The first-order valence-electron chi connectivity index (χ1n) is 5.36. The Morgan fingerprint density at radius 2 is 1.69 bits per heavy atom. The quantitative estimate of drug-likeness (QED) is 0.426. The third-order valence-electron chi connectivity index (χ3n) is 2.23. The Hall–Kier alpha value is -0.550. The van der Waals surface area contributed by atoms with Crippen LogP contribution in [0.15, 0.2) is 0 Å². The number of rotatable bonds is 8. The lowest BCUT2D eigenvalue weighted by atomic mass is 10.1. The topological polar surface area (TPSA) is 27.0 Å². The van der Waals surface area contributed by atoms with Gasteiger partial charge in [0.1, 0.15) is 0 Å².